The second-order valence-corrected chi connectivity index (χ2v) is 10.1. The van der Waals surface area contributed by atoms with E-state index in [0.29, 0.717) is 35.0 Å². The van der Waals surface area contributed by atoms with Crippen molar-refractivity contribution in [3.05, 3.63) is 56.5 Å². The van der Waals surface area contributed by atoms with E-state index in [1.807, 2.05) is 19.9 Å². The summed E-state index contributed by atoms with van der Waals surface area (Å²) >= 11 is 6.80. The number of aryl methyl sites for hydroxylation is 1. The zero-order valence-electron chi connectivity index (χ0n) is 19.5. The van der Waals surface area contributed by atoms with Crippen LogP contribution in [0.3, 0.4) is 0 Å². The molecule has 4 N–H and O–H groups in total. The van der Waals surface area contributed by atoms with Crippen molar-refractivity contribution < 1.29 is 4.74 Å². The number of fused-ring (bicyclic) bond motifs is 1. The smallest absolute Gasteiger partial charge is 0.340 e. The van der Waals surface area contributed by atoms with Gasteiger partial charge < -0.3 is 10.5 Å². The Bertz CT molecular complexity index is 1320. The lowest BCUT2D eigenvalue weighted by Gasteiger charge is -2.33. The molecule has 178 valence electrons. The van der Waals surface area contributed by atoms with Gasteiger partial charge in [0.15, 0.2) is 11.5 Å². The maximum Gasteiger partial charge on any atom is 0.340 e. The predicted molar refractivity (Wildman–Crippen MR) is 131 cm³/mol. The Hall–Kier alpha value is -3.20. The first-order valence-electron chi connectivity index (χ1n) is 11.6. The van der Waals surface area contributed by atoms with E-state index in [1.54, 1.807) is 6.92 Å². The van der Waals surface area contributed by atoms with Crippen molar-refractivity contribution in [1.82, 2.24) is 25.1 Å². The first-order chi connectivity index (χ1) is 16.2. The van der Waals surface area contributed by atoms with Crippen molar-refractivity contribution in [3.8, 4) is 5.88 Å². The number of aromatic nitrogens is 5. The monoisotopic (exact) mass is 481 g/mol. The summed E-state index contributed by atoms with van der Waals surface area (Å²) in [6.45, 7) is 5.69. The summed E-state index contributed by atoms with van der Waals surface area (Å²) in [7, 11) is 0. The predicted octanol–water partition coefficient (Wildman–Crippen LogP) is 4.24. The van der Waals surface area contributed by atoms with Gasteiger partial charge in [0.25, 0.3) is 0 Å². The number of aliphatic imine (C=N–C) groups is 1. The van der Waals surface area contributed by atoms with E-state index in [4.69, 9.17) is 27.1 Å². The van der Waals surface area contributed by atoms with Crippen LogP contribution in [0.1, 0.15) is 68.2 Å². The highest BCUT2D eigenvalue weighted by atomic mass is 35.5. The fraction of sp³-hybridized carbons (Fsp3) is 0.458. The summed E-state index contributed by atoms with van der Waals surface area (Å²) in [5.41, 5.74) is 8.39. The first-order valence-corrected chi connectivity index (χ1v) is 11.9. The van der Waals surface area contributed by atoms with Crippen molar-refractivity contribution in [1.29, 1.82) is 0 Å². The first kappa shape index (κ1) is 22.6. The highest BCUT2D eigenvalue weighted by Crippen LogP contribution is 2.42. The number of rotatable bonds is 4. The van der Waals surface area contributed by atoms with E-state index in [1.165, 1.54) is 0 Å². The lowest BCUT2D eigenvalue weighted by Crippen LogP contribution is -2.41. The number of nitrogens with one attached hydrogen (secondary N) is 2. The molecule has 1 aliphatic heterocycles. The Kier molecular flexibility index (Phi) is 5.67. The van der Waals surface area contributed by atoms with Gasteiger partial charge in [-0.25, -0.2) is 19.9 Å². The zero-order chi connectivity index (χ0) is 24.0. The SMILES string of the molecule is Cc1nc(N)c2c(n1)OC(C)(C)C(c1ccc(C3CCC(Cc4n[nH]c(=O)[nH]4)CC3)c(Cl)c1)=N2. The number of nitrogen functional groups attached to an aromatic ring is 1. The molecule has 34 heavy (non-hydrogen) atoms. The molecule has 0 amide bonds. The Morgan fingerprint density at radius 1 is 1.21 bits per heavy atom. The summed E-state index contributed by atoms with van der Waals surface area (Å²) in [6, 6.07) is 6.14. The molecule has 0 atom stereocenters. The van der Waals surface area contributed by atoms with Crippen LogP contribution in [0.15, 0.2) is 28.0 Å². The molecule has 1 aromatic carbocycles. The molecule has 0 bridgehead atoms. The van der Waals surface area contributed by atoms with Gasteiger partial charge in [-0.15, -0.1) is 0 Å². The molecule has 0 saturated heterocycles. The topological polar surface area (TPSA) is 135 Å². The van der Waals surface area contributed by atoms with E-state index in [0.717, 1.165) is 59.8 Å². The fourth-order valence-corrected chi connectivity index (χ4v) is 5.38. The van der Waals surface area contributed by atoms with Crippen LogP contribution in [0.25, 0.3) is 0 Å². The maximum atomic E-state index is 11.3. The quantitative estimate of drug-likeness (QED) is 0.510. The van der Waals surface area contributed by atoms with E-state index in [-0.39, 0.29) is 5.69 Å². The summed E-state index contributed by atoms with van der Waals surface area (Å²) < 4.78 is 6.16. The highest BCUT2D eigenvalue weighted by Gasteiger charge is 2.36. The molecule has 3 aromatic rings. The molecule has 3 heterocycles. The normalized spacial score (nSPS) is 21.5. The van der Waals surface area contributed by atoms with Gasteiger partial charge in [0.2, 0.25) is 5.88 Å². The maximum absolute atomic E-state index is 11.3. The van der Waals surface area contributed by atoms with Crippen LogP contribution in [-0.2, 0) is 6.42 Å². The van der Waals surface area contributed by atoms with Crippen LogP contribution < -0.4 is 16.2 Å². The van der Waals surface area contributed by atoms with E-state index >= 15 is 0 Å². The molecule has 2 aromatic heterocycles. The van der Waals surface area contributed by atoms with Gasteiger partial charge in [-0.1, -0.05) is 23.7 Å². The number of hydrogen-bond acceptors (Lipinski definition) is 7. The minimum atomic E-state index is -0.698. The molecule has 1 fully saturated rings. The van der Waals surface area contributed by atoms with Crippen LogP contribution in [0, 0.1) is 12.8 Å². The zero-order valence-corrected chi connectivity index (χ0v) is 20.2. The van der Waals surface area contributed by atoms with Gasteiger partial charge in [0.05, 0.1) is 5.71 Å². The molecule has 9 nitrogen and oxygen atoms in total. The van der Waals surface area contributed by atoms with Crippen molar-refractivity contribution in [2.24, 2.45) is 10.9 Å². The van der Waals surface area contributed by atoms with Gasteiger partial charge in [-0.2, -0.15) is 10.1 Å². The van der Waals surface area contributed by atoms with Crippen LogP contribution in [0.5, 0.6) is 5.88 Å². The summed E-state index contributed by atoms with van der Waals surface area (Å²) in [5, 5.41) is 7.21. The number of H-pyrrole nitrogens is 2. The van der Waals surface area contributed by atoms with Gasteiger partial charge in [0, 0.05) is 17.0 Å². The average Bonchev–Trinajstić information content (AvgIpc) is 3.17. The molecule has 0 radical (unpaired) electrons. The number of ether oxygens (including phenoxy) is 1. The number of nitrogens with zero attached hydrogens (tertiary/aromatic N) is 4. The Morgan fingerprint density at radius 3 is 2.65 bits per heavy atom. The van der Waals surface area contributed by atoms with Gasteiger partial charge in [-0.05, 0) is 69.9 Å². The second-order valence-electron chi connectivity index (χ2n) is 9.67. The van der Waals surface area contributed by atoms with Crippen LogP contribution in [0.2, 0.25) is 5.02 Å². The van der Waals surface area contributed by atoms with Gasteiger partial charge >= 0.3 is 5.69 Å². The minimum Gasteiger partial charge on any atom is -0.463 e. The lowest BCUT2D eigenvalue weighted by atomic mass is 9.77. The number of anilines is 1. The molecule has 5 rings (SSSR count). The molecule has 0 unspecified atom stereocenters. The third-order valence-corrected chi connectivity index (χ3v) is 7.06. The summed E-state index contributed by atoms with van der Waals surface area (Å²) in [4.78, 5) is 27.4. The van der Waals surface area contributed by atoms with Crippen molar-refractivity contribution >= 4 is 28.8 Å². The highest BCUT2D eigenvalue weighted by molar-refractivity contribution is 6.32. The second kappa shape index (κ2) is 8.54. The number of aromatic amines is 2. The lowest BCUT2D eigenvalue weighted by molar-refractivity contribution is 0.171. The molecule has 0 spiro atoms. The third-order valence-electron chi connectivity index (χ3n) is 6.73. The van der Waals surface area contributed by atoms with E-state index < -0.39 is 5.60 Å². The van der Waals surface area contributed by atoms with Gasteiger partial charge in [0.1, 0.15) is 17.2 Å². The van der Waals surface area contributed by atoms with E-state index in [9.17, 15) is 4.79 Å². The van der Waals surface area contributed by atoms with Crippen molar-refractivity contribution in [3.63, 3.8) is 0 Å². The summed E-state index contributed by atoms with van der Waals surface area (Å²) in [6.07, 6.45) is 5.03. The Balaban J connectivity index is 1.35. The number of halogens is 1. The minimum absolute atomic E-state index is 0.250. The fourth-order valence-electron chi connectivity index (χ4n) is 5.05. The Morgan fingerprint density at radius 2 is 1.97 bits per heavy atom. The number of nitrogens with two attached hydrogens (primary N) is 1. The van der Waals surface area contributed by atoms with Crippen LogP contribution in [-0.4, -0.2) is 36.5 Å². The molecule has 1 saturated carbocycles. The molecular formula is C24H28ClN7O2. The summed E-state index contributed by atoms with van der Waals surface area (Å²) in [5.74, 6) is 2.90. The van der Waals surface area contributed by atoms with Crippen molar-refractivity contribution in [2.45, 2.75) is 64.4 Å². The van der Waals surface area contributed by atoms with E-state index in [2.05, 4.69) is 37.3 Å². The number of benzene rings is 1. The number of hydrogen-bond donors (Lipinski definition) is 3. The average molecular weight is 482 g/mol. The standard InChI is InChI=1S/C24H28ClN7O2/c1-12-27-21(26)19-22(28-12)34-24(2,3)20(30-19)15-8-9-16(17(25)11-15)14-6-4-13(5-7-14)10-18-29-23(33)32-31-18/h8-9,11,13-14H,4-7,10H2,1-3H3,(H2,26,27,28)(H2,29,31,32,33). The van der Waals surface area contributed by atoms with Crippen molar-refractivity contribution in [2.75, 3.05) is 5.73 Å². The molecule has 1 aliphatic carbocycles. The largest absolute Gasteiger partial charge is 0.463 e. The van der Waals surface area contributed by atoms with Gasteiger partial charge in [-0.3, -0.25) is 4.98 Å². The molecule has 2 aliphatic rings. The third kappa shape index (κ3) is 4.32. The van der Waals surface area contributed by atoms with Crippen LogP contribution >= 0.6 is 11.6 Å². The molecule has 10 heteroatoms. The molecular weight excluding hydrogens is 454 g/mol. The Labute approximate surface area is 202 Å². The van der Waals surface area contributed by atoms with Crippen LogP contribution in [0.4, 0.5) is 11.5 Å².